The average Bonchev–Trinajstić information content (AvgIpc) is 3.52. The molecule has 31 heavy (non-hydrogen) atoms. The van der Waals surface area contributed by atoms with E-state index in [1.54, 1.807) is 10.6 Å². The van der Waals surface area contributed by atoms with Crippen molar-refractivity contribution in [1.82, 2.24) is 29.8 Å². The number of benzene rings is 2. The van der Waals surface area contributed by atoms with Crippen molar-refractivity contribution in [2.45, 2.75) is 38.3 Å². The number of aryl methyl sites for hydroxylation is 1. The molecule has 9 nitrogen and oxygen atoms in total. The lowest BCUT2D eigenvalue weighted by molar-refractivity contribution is -0.116. The molecule has 1 amide bonds. The molecule has 2 heterocycles. The van der Waals surface area contributed by atoms with Crippen LogP contribution in [0.15, 0.2) is 59.7 Å². The Labute approximate surface area is 177 Å². The van der Waals surface area contributed by atoms with Gasteiger partial charge in [0.05, 0.1) is 23.3 Å². The Hall–Kier alpha value is -3.88. The van der Waals surface area contributed by atoms with Crippen molar-refractivity contribution in [3.05, 3.63) is 65.2 Å². The summed E-state index contributed by atoms with van der Waals surface area (Å²) in [6.45, 7) is 0.431. The molecular weight excluding hydrogens is 394 g/mol. The lowest BCUT2D eigenvalue weighted by Crippen LogP contribution is -2.21. The number of hydrogen-bond donors (Lipinski definition) is 1. The van der Waals surface area contributed by atoms with E-state index >= 15 is 0 Å². The quantitative estimate of drug-likeness (QED) is 0.497. The molecule has 0 radical (unpaired) electrons. The van der Waals surface area contributed by atoms with E-state index in [1.165, 1.54) is 6.33 Å². The van der Waals surface area contributed by atoms with Gasteiger partial charge in [-0.15, -0.1) is 5.10 Å². The summed E-state index contributed by atoms with van der Waals surface area (Å²) in [4.78, 5) is 29.3. The molecule has 2 aromatic heterocycles. The summed E-state index contributed by atoms with van der Waals surface area (Å²) in [7, 11) is 0. The van der Waals surface area contributed by atoms with Crippen LogP contribution in [0.4, 0.5) is 5.69 Å². The molecule has 1 aliphatic carbocycles. The first kappa shape index (κ1) is 19.1. The second-order valence-corrected chi connectivity index (χ2v) is 7.67. The third-order valence-electron chi connectivity index (χ3n) is 5.32. The monoisotopic (exact) mass is 415 g/mol. The van der Waals surface area contributed by atoms with E-state index in [-0.39, 0.29) is 11.5 Å². The first-order valence-electron chi connectivity index (χ1n) is 10.3. The second-order valence-electron chi connectivity index (χ2n) is 7.67. The number of nitrogens with zero attached hydrogens (tertiary/aromatic N) is 6. The molecule has 0 atom stereocenters. The fraction of sp³-hybridized carbons (Fsp3) is 0.273. The highest BCUT2D eigenvalue weighted by atomic mass is 16.1. The number of anilines is 1. The maximum Gasteiger partial charge on any atom is 0.261 e. The second kappa shape index (κ2) is 8.10. The van der Waals surface area contributed by atoms with Crippen LogP contribution >= 0.6 is 0 Å². The molecule has 0 aliphatic heterocycles. The Kier molecular flexibility index (Phi) is 4.99. The van der Waals surface area contributed by atoms with Crippen LogP contribution in [0.1, 0.15) is 31.7 Å². The van der Waals surface area contributed by atoms with E-state index < -0.39 is 0 Å². The van der Waals surface area contributed by atoms with Crippen molar-refractivity contribution in [2.24, 2.45) is 0 Å². The lowest BCUT2D eigenvalue weighted by Gasteiger charge is -2.09. The van der Waals surface area contributed by atoms with Gasteiger partial charge in [0.2, 0.25) is 5.91 Å². The minimum Gasteiger partial charge on any atom is -0.326 e. The normalized spacial score (nSPS) is 13.4. The molecule has 0 saturated heterocycles. The molecule has 1 saturated carbocycles. The molecule has 2 aromatic carbocycles. The van der Waals surface area contributed by atoms with Gasteiger partial charge < -0.3 is 5.32 Å². The SMILES string of the molecule is O=C(CCCn1cnc2ccccc2c1=O)Nc1cccc(-c2nnnn2C2CC2)c1. The van der Waals surface area contributed by atoms with Gasteiger partial charge in [0.15, 0.2) is 5.82 Å². The molecule has 4 aromatic rings. The number of rotatable bonds is 7. The molecule has 1 fully saturated rings. The Morgan fingerprint density at radius 3 is 2.87 bits per heavy atom. The number of aromatic nitrogens is 6. The zero-order valence-electron chi connectivity index (χ0n) is 16.8. The first-order valence-corrected chi connectivity index (χ1v) is 10.3. The third kappa shape index (κ3) is 4.07. The Balaban J connectivity index is 1.21. The van der Waals surface area contributed by atoms with Gasteiger partial charge in [0.1, 0.15) is 0 Å². The maximum absolute atomic E-state index is 12.5. The van der Waals surface area contributed by atoms with E-state index in [4.69, 9.17) is 0 Å². The van der Waals surface area contributed by atoms with Crippen LogP contribution in [0.3, 0.4) is 0 Å². The summed E-state index contributed by atoms with van der Waals surface area (Å²) in [5, 5.41) is 15.5. The zero-order chi connectivity index (χ0) is 21.2. The molecular formula is C22H21N7O2. The smallest absolute Gasteiger partial charge is 0.261 e. The summed E-state index contributed by atoms with van der Waals surface area (Å²) in [5.41, 5.74) is 2.14. The summed E-state index contributed by atoms with van der Waals surface area (Å²) in [5.74, 6) is 0.600. The predicted octanol–water partition coefficient (Wildman–Crippen LogP) is 2.80. The van der Waals surface area contributed by atoms with E-state index in [0.29, 0.717) is 47.8 Å². The number of carbonyl (C=O) groups is 1. The van der Waals surface area contributed by atoms with E-state index in [2.05, 4.69) is 25.8 Å². The Bertz CT molecular complexity index is 1310. The summed E-state index contributed by atoms with van der Waals surface area (Å²) >= 11 is 0. The van der Waals surface area contributed by atoms with Crippen LogP contribution in [0.2, 0.25) is 0 Å². The van der Waals surface area contributed by atoms with E-state index in [9.17, 15) is 9.59 Å². The van der Waals surface area contributed by atoms with Gasteiger partial charge in [-0.05, 0) is 54.0 Å². The number of fused-ring (bicyclic) bond motifs is 1. The topological polar surface area (TPSA) is 108 Å². The van der Waals surface area contributed by atoms with Crippen molar-refractivity contribution in [3.8, 4) is 11.4 Å². The van der Waals surface area contributed by atoms with Crippen molar-refractivity contribution >= 4 is 22.5 Å². The summed E-state index contributed by atoms with van der Waals surface area (Å²) in [6, 6.07) is 15.1. The molecule has 1 aliphatic rings. The molecule has 5 rings (SSSR count). The van der Waals surface area contributed by atoms with E-state index in [0.717, 1.165) is 18.4 Å². The van der Waals surface area contributed by atoms with Crippen LogP contribution in [-0.4, -0.2) is 35.7 Å². The highest BCUT2D eigenvalue weighted by molar-refractivity contribution is 5.91. The third-order valence-corrected chi connectivity index (χ3v) is 5.32. The number of carbonyl (C=O) groups excluding carboxylic acids is 1. The number of tetrazole rings is 1. The maximum atomic E-state index is 12.5. The van der Waals surface area contributed by atoms with Crippen molar-refractivity contribution < 1.29 is 4.79 Å². The molecule has 0 bridgehead atoms. The first-order chi connectivity index (χ1) is 15.2. The Morgan fingerprint density at radius 1 is 1.13 bits per heavy atom. The highest BCUT2D eigenvalue weighted by Crippen LogP contribution is 2.36. The minimum atomic E-state index is -0.110. The fourth-order valence-electron chi connectivity index (χ4n) is 3.58. The average molecular weight is 415 g/mol. The van der Waals surface area contributed by atoms with Crippen LogP contribution in [-0.2, 0) is 11.3 Å². The predicted molar refractivity (Wildman–Crippen MR) is 115 cm³/mol. The fourth-order valence-corrected chi connectivity index (χ4v) is 3.58. The molecule has 1 N–H and O–H groups in total. The van der Waals surface area contributed by atoms with Gasteiger partial charge in [0, 0.05) is 24.2 Å². The lowest BCUT2D eigenvalue weighted by atomic mass is 10.2. The van der Waals surface area contributed by atoms with Gasteiger partial charge >= 0.3 is 0 Å². The minimum absolute atomic E-state index is 0.0907. The Morgan fingerprint density at radius 2 is 2.00 bits per heavy atom. The zero-order valence-corrected chi connectivity index (χ0v) is 16.8. The van der Waals surface area contributed by atoms with Crippen LogP contribution in [0, 0.1) is 0 Å². The van der Waals surface area contributed by atoms with Crippen LogP contribution < -0.4 is 10.9 Å². The summed E-state index contributed by atoms with van der Waals surface area (Å²) < 4.78 is 3.39. The van der Waals surface area contributed by atoms with Gasteiger partial charge in [-0.25, -0.2) is 9.67 Å². The number of para-hydroxylation sites is 1. The van der Waals surface area contributed by atoms with Crippen LogP contribution in [0.5, 0.6) is 0 Å². The van der Waals surface area contributed by atoms with Crippen molar-refractivity contribution in [1.29, 1.82) is 0 Å². The van der Waals surface area contributed by atoms with Gasteiger partial charge in [0.25, 0.3) is 5.56 Å². The summed E-state index contributed by atoms with van der Waals surface area (Å²) in [6.07, 6.45) is 4.54. The number of amides is 1. The van der Waals surface area contributed by atoms with Crippen LogP contribution in [0.25, 0.3) is 22.3 Å². The van der Waals surface area contributed by atoms with Crippen molar-refractivity contribution in [2.75, 3.05) is 5.32 Å². The standard InChI is InChI=1S/C22H21N7O2/c30-20(9-4-12-28-14-23-19-8-2-1-7-18(19)22(28)31)24-16-6-3-5-15(13-16)21-25-26-27-29(21)17-10-11-17/h1-3,5-8,13-14,17H,4,9-12H2,(H,24,30). The largest absolute Gasteiger partial charge is 0.326 e. The van der Waals surface area contributed by atoms with E-state index in [1.807, 2.05) is 47.1 Å². The molecule has 0 spiro atoms. The van der Waals surface area contributed by atoms with Gasteiger partial charge in [-0.2, -0.15) is 0 Å². The van der Waals surface area contributed by atoms with Gasteiger partial charge in [-0.3, -0.25) is 14.2 Å². The number of nitrogens with one attached hydrogen (secondary N) is 1. The molecule has 156 valence electrons. The molecule has 0 unspecified atom stereocenters. The highest BCUT2D eigenvalue weighted by Gasteiger charge is 2.28. The van der Waals surface area contributed by atoms with Crippen molar-refractivity contribution in [3.63, 3.8) is 0 Å². The van der Waals surface area contributed by atoms with Gasteiger partial charge in [-0.1, -0.05) is 24.3 Å². The number of hydrogen-bond acceptors (Lipinski definition) is 6. The molecule has 9 heteroatoms.